The average molecular weight is 1250 g/mol. The molecular weight excluding hydrogens is 1160 g/mol. The first-order valence-corrected chi connectivity index (χ1v) is 29.9. The Morgan fingerprint density at radius 3 is 1.81 bits per heavy atom. The number of halogens is 4. The van der Waals surface area contributed by atoms with Crippen LogP contribution in [0.3, 0.4) is 0 Å². The highest BCUT2D eigenvalue weighted by Crippen LogP contribution is 2.34. The van der Waals surface area contributed by atoms with Crippen LogP contribution in [0.5, 0.6) is 0 Å². The van der Waals surface area contributed by atoms with E-state index in [-0.39, 0.29) is 89.3 Å². The maximum atomic E-state index is 14.8. The van der Waals surface area contributed by atoms with Crippen molar-refractivity contribution in [3.63, 3.8) is 0 Å². The predicted octanol–water partition coefficient (Wildman–Crippen LogP) is 0.467. The van der Waals surface area contributed by atoms with E-state index >= 15 is 0 Å². The Kier molecular flexibility index (Phi) is 25.2. The van der Waals surface area contributed by atoms with Gasteiger partial charge in [-0.25, -0.2) is 4.39 Å². The van der Waals surface area contributed by atoms with Crippen molar-refractivity contribution in [3.8, 4) is 0 Å². The number of likely N-dealkylation sites (N-methyl/N-ethyl adjacent to an activating group) is 7. The maximum Gasteiger partial charge on any atom is 0.419 e. The van der Waals surface area contributed by atoms with Gasteiger partial charge in [0, 0.05) is 69.0 Å². The number of amides is 12. The summed E-state index contributed by atoms with van der Waals surface area (Å²) in [5, 5.41) is 8.28. The topological polar surface area (TPSA) is 279 Å². The van der Waals surface area contributed by atoms with Crippen molar-refractivity contribution in [2.75, 3.05) is 115 Å². The third-order valence-corrected chi connectivity index (χ3v) is 17.1. The fraction of sp³-hybridized carbons (Fsp3) is 0.695. The molecule has 88 heavy (non-hydrogen) atoms. The number of carbonyl (C=O) groups is 12. The minimum absolute atomic E-state index is 0.0127. The number of carbonyl (C=O) groups excluding carboxylic acids is 12. The highest BCUT2D eigenvalue weighted by molar-refractivity contribution is 6.00. The van der Waals surface area contributed by atoms with Gasteiger partial charge < -0.3 is 64.8 Å². The van der Waals surface area contributed by atoms with Crippen LogP contribution < -0.4 is 16.0 Å². The van der Waals surface area contributed by atoms with Gasteiger partial charge in [0.1, 0.15) is 41.6 Å². The quantitative estimate of drug-likeness (QED) is 0.299. The molecule has 3 N–H and O–H groups in total. The minimum Gasteiger partial charge on any atom is -0.378 e. The van der Waals surface area contributed by atoms with Crippen LogP contribution in [0.25, 0.3) is 0 Å². The molecule has 5 rings (SSSR count). The van der Waals surface area contributed by atoms with E-state index in [1.54, 1.807) is 13.8 Å². The Balaban J connectivity index is 1.51. The number of nitrogens with zero attached hydrogens (tertiary/aromatic N) is 9. The molecule has 5 unspecified atom stereocenters. The molecule has 4 aliphatic rings. The number of alkyl halides is 3. The van der Waals surface area contributed by atoms with Crippen LogP contribution in [0, 0.1) is 17.7 Å². The van der Waals surface area contributed by atoms with Gasteiger partial charge in [-0.05, 0) is 74.5 Å². The molecule has 29 heteroatoms. The molecule has 0 aromatic heterocycles. The van der Waals surface area contributed by atoms with Crippen LogP contribution in [-0.4, -0.2) is 266 Å². The third-order valence-electron chi connectivity index (χ3n) is 17.1. The van der Waals surface area contributed by atoms with E-state index in [4.69, 9.17) is 4.74 Å². The van der Waals surface area contributed by atoms with Gasteiger partial charge in [-0.2, -0.15) is 13.2 Å². The highest BCUT2D eigenvalue weighted by Gasteiger charge is 2.48. The summed E-state index contributed by atoms with van der Waals surface area (Å²) in [5.41, 5.74) is -3.05. The lowest BCUT2D eigenvalue weighted by Crippen LogP contribution is -2.62. The number of rotatable bonds is 8. The number of hydrogen-bond acceptors (Lipinski definition) is 13. The summed E-state index contributed by atoms with van der Waals surface area (Å²) in [6, 6.07) is -4.35. The Morgan fingerprint density at radius 2 is 1.25 bits per heavy atom. The minimum atomic E-state index is -5.00. The molecule has 1 aromatic carbocycles. The number of aryl methyl sites for hydroxylation is 1. The van der Waals surface area contributed by atoms with Gasteiger partial charge in [0.15, 0.2) is 0 Å². The second kappa shape index (κ2) is 31.1. The molecule has 4 fully saturated rings. The molecule has 1 spiro atoms. The van der Waals surface area contributed by atoms with Crippen molar-refractivity contribution >= 4 is 70.9 Å². The molecule has 0 radical (unpaired) electrons. The van der Waals surface area contributed by atoms with E-state index in [0.29, 0.717) is 31.4 Å². The van der Waals surface area contributed by atoms with Gasteiger partial charge in [0.25, 0.3) is 0 Å². The van der Waals surface area contributed by atoms with E-state index < -0.39 is 169 Å². The Morgan fingerprint density at radius 1 is 0.682 bits per heavy atom. The number of benzene rings is 1. The lowest BCUT2D eigenvalue weighted by atomic mass is 9.94. The van der Waals surface area contributed by atoms with E-state index in [0.717, 1.165) is 35.5 Å². The zero-order valence-corrected chi connectivity index (χ0v) is 52.5. The fourth-order valence-electron chi connectivity index (χ4n) is 11.3. The summed E-state index contributed by atoms with van der Waals surface area (Å²) in [5.74, 6) is -11.0. The van der Waals surface area contributed by atoms with Gasteiger partial charge in [-0.15, -0.1) is 0 Å². The van der Waals surface area contributed by atoms with Crippen LogP contribution in [0.4, 0.5) is 17.6 Å². The Bertz CT molecular complexity index is 2760. The van der Waals surface area contributed by atoms with E-state index in [1.807, 2.05) is 13.8 Å². The molecule has 1 saturated carbocycles. The molecule has 25 nitrogen and oxygen atoms in total. The molecule has 3 heterocycles. The van der Waals surface area contributed by atoms with Gasteiger partial charge in [0.05, 0.1) is 57.9 Å². The molecule has 6 atom stereocenters. The monoisotopic (exact) mass is 1250 g/mol. The highest BCUT2D eigenvalue weighted by atomic mass is 19.4. The molecule has 12 amide bonds. The van der Waals surface area contributed by atoms with Crippen molar-refractivity contribution in [3.05, 3.63) is 35.1 Å². The standard InChI is InChI=1S/C59H88F4N12O13/c1-12-37(4)51-56(86)70(8)34-49(80)69(7)33-48(79)68(6)32-47(78)67(5)31-45(76)64-41(20-18-38-17-19-39(40(60)29-38)59(61,62)63)54(84)75-23-15-16-42(75)53(83)66-58(21-13-14-22-58)57(87)71(9)35-50(81)73(11)44(55(85)74-24-26-88-27-25-74)30-46(77)72(10)43(28-36(2)3)52(82)65-51/h17,19,29,36-37,41-44,51H,12-16,18,20-28,30-35H2,1-11H3,(H,64,76)(H,65,82)(H,66,83)/t37-,41?,42?,43?,44?,51?/m0/s1. The summed E-state index contributed by atoms with van der Waals surface area (Å²) < 4.78 is 60.7. The number of morpholine rings is 1. The number of ether oxygens (including phenoxy) is 1. The summed E-state index contributed by atoms with van der Waals surface area (Å²) in [6.45, 7) is 4.77. The zero-order chi connectivity index (χ0) is 65.7. The normalized spacial score (nSPS) is 24.8. The van der Waals surface area contributed by atoms with Crippen LogP contribution in [0.15, 0.2) is 18.2 Å². The van der Waals surface area contributed by atoms with Crippen LogP contribution >= 0.6 is 0 Å². The first kappa shape index (κ1) is 71.3. The molecule has 1 aliphatic carbocycles. The molecule has 3 aliphatic heterocycles. The second-order valence-corrected chi connectivity index (χ2v) is 24.2. The number of hydrogen-bond donors (Lipinski definition) is 3. The molecular formula is C59H88F4N12O13. The fourth-order valence-corrected chi connectivity index (χ4v) is 11.3. The van der Waals surface area contributed by atoms with Crippen molar-refractivity contribution in [2.24, 2.45) is 11.8 Å². The smallest absolute Gasteiger partial charge is 0.378 e. The lowest BCUT2D eigenvalue weighted by Gasteiger charge is -2.38. The first-order valence-electron chi connectivity index (χ1n) is 29.9. The molecule has 490 valence electrons. The van der Waals surface area contributed by atoms with Gasteiger partial charge in [-0.3, -0.25) is 57.5 Å². The zero-order valence-electron chi connectivity index (χ0n) is 52.5. The summed E-state index contributed by atoms with van der Waals surface area (Å²) in [6.07, 6.45) is -4.07. The Labute approximate surface area is 511 Å². The van der Waals surface area contributed by atoms with Crippen molar-refractivity contribution < 1.29 is 79.8 Å². The third kappa shape index (κ3) is 18.3. The molecule has 3 saturated heterocycles. The van der Waals surface area contributed by atoms with E-state index in [1.165, 1.54) is 64.0 Å². The van der Waals surface area contributed by atoms with Crippen LogP contribution in [0.1, 0.15) is 103 Å². The van der Waals surface area contributed by atoms with Gasteiger partial charge >= 0.3 is 6.18 Å². The van der Waals surface area contributed by atoms with Gasteiger partial charge in [-0.1, -0.05) is 53.0 Å². The predicted molar refractivity (Wildman–Crippen MR) is 310 cm³/mol. The number of fused-ring (bicyclic) bond motifs is 1. The average Bonchev–Trinajstić information content (AvgIpc) is 2.51. The maximum absolute atomic E-state index is 14.8. The van der Waals surface area contributed by atoms with Crippen molar-refractivity contribution in [2.45, 2.75) is 140 Å². The largest absolute Gasteiger partial charge is 0.419 e. The lowest BCUT2D eigenvalue weighted by molar-refractivity contribution is -0.153. The molecule has 0 bridgehead atoms. The van der Waals surface area contributed by atoms with Crippen LogP contribution in [0.2, 0.25) is 0 Å². The first-order chi connectivity index (χ1) is 41.2. The van der Waals surface area contributed by atoms with Gasteiger partial charge in [0.2, 0.25) is 70.9 Å². The summed E-state index contributed by atoms with van der Waals surface area (Å²) >= 11 is 0. The Hall–Kier alpha value is -7.46. The number of nitrogens with one attached hydrogen (secondary N) is 3. The summed E-state index contributed by atoms with van der Waals surface area (Å²) in [4.78, 5) is 181. The van der Waals surface area contributed by atoms with Crippen LogP contribution in [-0.2, 0) is 74.9 Å². The van der Waals surface area contributed by atoms with Crippen molar-refractivity contribution in [1.29, 1.82) is 0 Å². The SMILES string of the molecule is CC[C@H](C)C1NC(=O)C(CC(C)C)N(C)C(=O)CC(C(=O)N2CCOCC2)N(C)C(=O)CN(C)C(=O)C2(CCCC2)NC(=O)C2CCCN2C(=O)C(CCc2ccc(C(F)(F)F)c(F)c2)NC(=O)CN(C)C(=O)CN(C)C(=O)CN(C)C(=O)CN(C)C1=O. The van der Waals surface area contributed by atoms with E-state index in [9.17, 15) is 75.1 Å². The summed E-state index contributed by atoms with van der Waals surface area (Å²) in [7, 11) is 9.21. The molecule has 1 aromatic rings. The second-order valence-electron chi connectivity index (χ2n) is 24.2. The van der Waals surface area contributed by atoms with E-state index in [2.05, 4.69) is 16.0 Å². The van der Waals surface area contributed by atoms with Crippen molar-refractivity contribution in [1.82, 2.24) is 60.0 Å².